The van der Waals surface area contributed by atoms with Crippen LogP contribution in [0.3, 0.4) is 0 Å². The number of fused-ring (bicyclic) bond motifs is 1. The lowest BCUT2D eigenvalue weighted by Crippen LogP contribution is -2.39. The topological polar surface area (TPSA) is 91.2 Å². The molecule has 31 heavy (non-hydrogen) atoms. The fraction of sp³-hybridized carbons (Fsp3) is 0.417. The van der Waals surface area contributed by atoms with Gasteiger partial charge in [-0.2, -0.15) is 0 Å². The third-order valence-corrected chi connectivity index (χ3v) is 5.63. The number of carbonyl (C=O) groups is 1. The van der Waals surface area contributed by atoms with Gasteiger partial charge in [0.25, 0.3) is 0 Å². The van der Waals surface area contributed by atoms with E-state index in [4.69, 9.17) is 0 Å². The molecule has 1 aromatic carbocycles. The maximum atomic E-state index is 12.9. The van der Waals surface area contributed by atoms with Crippen molar-refractivity contribution in [1.29, 1.82) is 0 Å². The Morgan fingerprint density at radius 2 is 2.00 bits per heavy atom. The van der Waals surface area contributed by atoms with E-state index in [0.29, 0.717) is 12.4 Å². The number of likely N-dealkylation sites (tertiary alicyclic amines) is 1. The average molecular weight is 420 g/mol. The summed E-state index contributed by atoms with van der Waals surface area (Å²) < 4.78 is 0. The standard InChI is InChI=1S/C24H29N5O2/c1-24(2,31)16-29-10-3-4-17(7-11-29)23(30)28-22-13-20-12-18(5-6-19(20)14-27-22)21-15-25-8-9-26-21/h5-6,8-9,12-15,17,31H,3-4,7,10-11,16H2,1-2H3,(H,27,28,30). The first-order chi connectivity index (χ1) is 14.9. The molecule has 7 heteroatoms. The molecule has 1 saturated heterocycles. The second kappa shape index (κ2) is 9.08. The largest absolute Gasteiger partial charge is 0.389 e. The van der Waals surface area contributed by atoms with Gasteiger partial charge in [-0.3, -0.25) is 14.8 Å². The van der Waals surface area contributed by atoms with Gasteiger partial charge in [0.05, 0.1) is 17.5 Å². The summed E-state index contributed by atoms with van der Waals surface area (Å²) >= 11 is 0. The lowest BCUT2D eigenvalue weighted by molar-refractivity contribution is -0.120. The molecule has 0 spiro atoms. The van der Waals surface area contributed by atoms with E-state index in [2.05, 4.69) is 25.2 Å². The minimum absolute atomic E-state index is 0.0158. The van der Waals surface area contributed by atoms with E-state index in [9.17, 15) is 9.90 Å². The average Bonchev–Trinajstić information content (AvgIpc) is 2.98. The minimum atomic E-state index is -0.721. The number of nitrogens with one attached hydrogen (secondary N) is 1. The minimum Gasteiger partial charge on any atom is -0.389 e. The predicted molar refractivity (Wildman–Crippen MR) is 121 cm³/mol. The highest BCUT2D eigenvalue weighted by atomic mass is 16.3. The molecule has 162 valence electrons. The number of aliphatic hydroxyl groups is 1. The van der Waals surface area contributed by atoms with Crippen molar-refractivity contribution in [2.45, 2.75) is 38.7 Å². The van der Waals surface area contributed by atoms with Crippen molar-refractivity contribution in [3.8, 4) is 11.3 Å². The SMILES string of the molecule is CC(C)(O)CN1CCCC(C(=O)Nc2cc3cc(-c4cnccn4)ccc3cn2)CC1. The van der Waals surface area contributed by atoms with Crippen LogP contribution in [0, 0.1) is 5.92 Å². The van der Waals surface area contributed by atoms with Crippen molar-refractivity contribution in [2.24, 2.45) is 5.92 Å². The van der Waals surface area contributed by atoms with Crippen LogP contribution in [0.1, 0.15) is 33.1 Å². The summed E-state index contributed by atoms with van der Waals surface area (Å²) in [7, 11) is 0. The fourth-order valence-electron chi connectivity index (χ4n) is 4.17. The number of pyridine rings is 1. The Bertz CT molecular complexity index is 1050. The number of rotatable bonds is 5. The maximum Gasteiger partial charge on any atom is 0.228 e. The number of benzene rings is 1. The van der Waals surface area contributed by atoms with E-state index in [1.165, 1.54) is 0 Å². The highest BCUT2D eigenvalue weighted by molar-refractivity contribution is 5.95. The van der Waals surface area contributed by atoms with Crippen LogP contribution in [0.25, 0.3) is 22.0 Å². The number of hydrogen-bond donors (Lipinski definition) is 2. The number of anilines is 1. The van der Waals surface area contributed by atoms with Crippen LogP contribution in [-0.2, 0) is 4.79 Å². The molecular formula is C24H29N5O2. The normalized spacial score (nSPS) is 18.0. The smallest absolute Gasteiger partial charge is 0.228 e. The summed E-state index contributed by atoms with van der Waals surface area (Å²) in [5.41, 5.74) is 1.06. The van der Waals surface area contributed by atoms with Gasteiger partial charge in [-0.05, 0) is 63.7 Å². The molecule has 3 aromatic rings. The summed E-state index contributed by atoms with van der Waals surface area (Å²) in [6.45, 7) is 6.00. The Labute approximate surface area is 182 Å². The van der Waals surface area contributed by atoms with Gasteiger partial charge in [-0.1, -0.05) is 12.1 Å². The van der Waals surface area contributed by atoms with Crippen molar-refractivity contribution in [1.82, 2.24) is 19.9 Å². The molecule has 1 amide bonds. The van der Waals surface area contributed by atoms with E-state index in [-0.39, 0.29) is 11.8 Å². The zero-order valence-corrected chi connectivity index (χ0v) is 18.1. The van der Waals surface area contributed by atoms with Crippen LogP contribution in [0.4, 0.5) is 5.82 Å². The molecule has 0 bridgehead atoms. The van der Waals surface area contributed by atoms with Crippen LogP contribution in [0.5, 0.6) is 0 Å². The van der Waals surface area contributed by atoms with E-state index in [0.717, 1.165) is 54.4 Å². The third-order valence-electron chi connectivity index (χ3n) is 5.63. The molecule has 0 radical (unpaired) electrons. The van der Waals surface area contributed by atoms with Gasteiger partial charge in [0.1, 0.15) is 5.82 Å². The summed E-state index contributed by atoms with van der Waals surface area (Å²) in [6, 6.07) is 7.94. The second-order valence-corrected chi connectivity index (χ2v) is 8.93. The molecule has 1 atom stereocenters. The van der Waals surface area contributed by atoms with Gasteiger partial charge in [0.15, 0.2) is 0 Å². The van der Waals surface area contributed by atoms with Crippen molar-refractivity contribution >= 4 is 22.5 Å². The first-order valence-electron chi connectivity index (χ1n) is 10.8. The number of nitrogens with zero attached hydrogens (tertiary/aromatic N) is 4. The van der Waals surface area contributed by atoms with Gasteiger partial charge in [0.2, 0.25) is 5.91 Å². The van der Waals surface area contributed by atoms with Crippen molar-refractivity contribution in [3.63, 3.8) is 0 Å². The van der Waals surface area contributed by atoms with Gasteiger partial charge in [-0.25, -0.2) is 4.98 Å². The Balaban J connectivity index is 1.44. The molecule has 0 aliphatic carbocycles. The second-order valence-electron chi connectivity index (χ2n) is 8.93. The van der Waals surface area contributed by atoms with E-state index in [1.54, 1.807) is 24.8 Å². The molecule has 1 aliphatic rings. The number of carbonyl (C=O) groups excluding carboxylic acids is 1. The molecule has 1 unspecified atom stereocenters. The molecule has 2 aromatic heterocycles. The Hall–Kier alpha value is -2.90. The maximum absolute atomic E-state index is 12.9. The van der Waals surface area contributed by atoms with Crippen LogP contribution >= 0.6 is 0 Å². The van der Waals surface area contributed by atoms with E-state index >= 15 is 0 Å². The number of hydrogen-bond acceptors (Lipinski definition) is 6. The summed E-state index contributed by atoms with van der Waals surface area (Å²) in [5.74, 6) is 0.531. The van der Waals surface area contributed by atoms with Gasteiger partial charge >= 0.3 is 0 Å². The van der Waals surface area contributed by atoms with E-state index < -0.39 is 5.60 Å². The number of aromatic nitrogens is 3. The van der Waals surface area contributed by atoms with Crippen molar-refractivity contribution in [3.05, 3.63) is 49.1 Å². The van der Waals surface area contributed by atoms with Crippen LogP contribution in [0.15, 0.2) is 49.1 Å². The van der Waals surface area contributed by atoms with Gasteiger partial charge < -0.3 is 15.3 Å². The monoisotopic (exact) mass is 419 g/mol. The molecular weight excluding hydrogens is 390 g/mol. The lowest BCUT2D eigenvalue weighted by atomic mass is 10.00. The highest BCUT2D eigenvalue weighted by Gasteiger charge is 2.26. The Morgan fingerprint density at radius 1 is 1.13 bits per heavy atom. The zero-order chi connectivity index (χ0) is 21.8. The Kier molecular flexibility index (Phi) is 6.25. The third kappa shape index (κ3) is 5.62. The highest BCUT2D eigenvalue weighted by Crippen LogP contribution is 2.25. The quantitative estimate of drug-likeness (QED) is 0.658. The van der Waals surface area contributed by atoms with Crippen LogP contribution < -0.4 is 5.32 Å². The summed E-state index contributed by atoms with van der Waals surface area (Å²) in [5, 5.41) is 15.1. The predicted octanol–water partition coefficient (Wildman–Crippen LogP) is 3.50. The number of amides is 1. The molecule has 0 saturated carbocycles. The van der Waals surface area contributed by atoms with Crippen molar-refractivity contribution in [2.75, 3.05) is 25.0 Å². The van der Waals surface area contributed by atoms with Gasteiger partial charge in [0, 0.05) is 42.0 Å². The van der Waals surface area contributed by atoms with Gasteiger partial charge in [-0.15, -0.1) is 0 Å². The van der Waals surface area contributed by atoms with Crippen LogP contribution in [0.2, 0.25) is 0 Å². The molecule has 3 heterocycles. The molecule has 1 aliphatic heterocycles. The number of β-amino-alcohol motifs (C(OH)–C–C–N with tert-alkyl or cyclic N) is 1. The van der Waals surface area contributed by atoms with Crippen LogP contribution in [-0.4, -0.2) is 56.1 Å². The van der Waals surface area contributed by atoms with E-state index in [1.807, 2.05) is 38.1 Å². The summed E-state index contributed by atoms with van der Waals surface area (Å²) in [6.07, 6.45) is 9.42. The molecule has 4 rings (SSSR count). The first kappa shape index (κ1) is 21.3. The molecule has 1 fully saturated rings. The summed E-state index contributed by atoms with van der Waals surface area (Å²) in [4.78, 5) is 28.1. The molecule has 2 N–H and O–H groups in total. The molecule has 7 nitrogen and oxygen atoms in total. The van der Waals surface area contributed by atoms with Crippen molar-refractivity contribution < 1.29 is 9.90 Å². The first-order valence-corrected chi connectivity index (χ1v) is 10.8. The fourth-order valence-corrected chi connectivity index (χ4v) is 4.17. The lowest BCUT2D eigenvalue weighted by Gasteiger charge is -2.27. The zero-order valence-electron chi connectivity index (χ0n) is 18.1. The Morgan fingerprint density at radius 3 is 2.77 bits per heavy atom.